The summed E-state index contributed by atoms with van der Waals surface area (Å²) in [6, 6.07) is 0. The molecule has 1 N–H and O–H groups in total. The molecule has 0 saturated heterocycles. The van der Waals surface area contributed by atoms with Crippen LogP contribution >= 0.6 is 0 Å². The summed E-state index contributed by atoms with van der Waals surface area (Å²) in [7, 11) is 0. The number of rotatable bonds is 4. The Bertz CT molecular complexity index is 427. The van der Waals surface area contributed by atoms with Gasteiger partial charge in [0.05, 0.1) is 11.7 Å². The first-order chi connectivity index (χ1) is 9.27. The molecule has 1 heterocycles. The molecule has 104 valence electrons. The average Bonchev–Trinajstić information content (AvgIpc) is 2.84. The molecular weight excluding hydrogens is 234 g/mol. The van der Waals surface area contributed by atoms with Crippen molar-refractivity contribution in [3.05, 3.63) is 18.0 Å². The third-order valence-electron chi connectivity index (χ3n) is 5.71. The van der Waals surface area contributed by atoms with Gasteiger partial charge in [0.2, 0.25) is 0 Å². The van der Waals surface area contributed by atoms with Gasteiger partial charge in [0.25, 0.3) is 0 Å². The predicted molar refractivity (Wildman–Crippen MR) is 75.8 cm³/mol. The Morgan fingerprint density at radius 1 is 1.21 bits per heavy atom. The normalized spacial score (nSPS) is 39.9. The van der Waals surface area contributed by atoms with Crippen molar-refractivity contribution < 1.29 is 0 Å². The molecule has 4 bridgehead atoms. The van der Waals surface area contributed by atoms with E-state index in [1.54, 1.807) is 0 Å². The molecule has 0 amide bonds. The van der Waals surface area contributed by atoms with Crippen LogP contribution in [-0.4, -0.2) is 16.3 Å². The highest BCUT2D eigenvalue weighted by Gasteiger charge is 2.52. The van der Waals surface area contributed by atoms with Crippen LogP contribution in [0.5, 0.6) is 0 Å². The first-order valence-electron chi connectivity index (χ1n) is 8.02. The highest BCUT2D eigenvalue weighted by molar-refractivity contribution is 5.10. The van der Waals surface area contributed by atoms with Crippen molar-refractivity contribution in [2.24, 2.45) is 17.8 Å². The van der Waals surface area contributed by atoms with Gasteiger partial charge in [0.15, 0.2) is 0 Å². The maximum atomic E-state index is 4.74. The van der Waals surface area contributed by atoms with Gasteiger partial charge in [-0.05, 0) is 62.8 Å². The summed E-state index contributed by atoms with van der Waals surface area (Å²) in [4.78, 5) is 0. The quantitative estimate of drug-likeness (QED) is 0.901. The van der Waals surface area contributed by atoms with Crippen LogP contribution < -0.4 is 5.32 Å². The van der Waals surface area contributed by atoms with Crippen molar-refractivity contribution in [1.82, 2.24) is 15.1 Å². The Labute approximate surface area is 115 Å². The second-order valence-corrected chi connectivity index (χ2v) is 7.22. The van der Waals surface area contributed by atoms with Crippen molar-refractivity contribution in [1.29, 1.82) is 0 Å². The predicted octanol–water partition coefficient (Wildman–Crippen LogP) is 2.92. The van der Waals surface area contributed by atoms with E-state index in [-0.39, 0.29) is 0 Å². The van der Waals surface area contributed by atoms with Crippen LogP contribution in [0.25, 0.3) is 0 Å². The summed E-state index contributed by atoms with van der Waals surface area (Å²) in [5, 5.41) is 8.13. The molecule has 5 rings (SSSR count). The molecule has 3 heteroatoms. The van der Waals surface area contributed by atoms with Gasteiger partial charge in [-0.15, -0.1) is 0 Å². The standard InChI is InChI=1S/C16H25N3/c1-2-17-9-15-10-18-19(11-15)16-6-12-3-13(7-16)5-14(4-12)8-16/h10-14,17H,2-9H2,1H3. The van der Waals surface area contributed by atoms with Gasteiger partial charge in [-0.1, -0.05) is 6.92 Å². The zero-order valence-corrected chi connectivity index (χ0v) is 11.9. The summed E-state index contributed by atoms with van der Waals surface area (Å²) in [5.41, 5.74) is 1.73. The van der Waals surface area contributed by atoms with Gasteiger partial charge in [0, 0.05) is 18.3 Å². The van der Waals surface area contributed by atoms with Crippen molar-refractivity contribution in [2.45, 2.75) is 57.5 Å². The van der Waals surface area contributed by atoms with Gasteiger partial charge in [0.1, 0.15) is 0 Å². The second kappa shape index (κ2) is 4.34. The third kappa shape index (κ3) is 1.94. The minimum absolute atomic E-state index is 0.388. The zero-order chi connectivity index (χ0) is 12.9. The third-order valence-corrected chi connectivity index (χ3v) is 5.71. The highest BCUT2D eigenvalue weighted by atomic mass is 15.3. The van der Waals surface area contributed by atoms with Crippen LogP contribution in [0.4, 0.5) is 0 Å². The fourth-order valence-electron chi connectivity index (χ4n) is 5.33. The summed E-state index contributed by atoms with van der Waals surface area (Å²) < 4.78 is 2.35. The average molecular weight is 259 g/mol. The molecule has 4 aliphatic rings. The molecule has 0 atom stereocenters. The molecule has 1 aromatic heterocycles. The molecule has 3 nitrogen and oxygen atoms in total. The van der Waals surface area contributed by atoms with E-state index in [0.717, 1.165) is 30.8 Å². The highest BCUT2D eigenvalue weighted by Crippen LogP contribution is 2.58. The van der Waals surface area contributed by atoms with Crippen LogP contribution in [-0.2, 0) is 12.1 Å². The summed E-state index contributed by atoms with van der Waals surface area (Å²) in [5.74, 6) is 2.98. The topological polar surface area (TPSA) is 29.9 Å². The number of aromatic nitrogens is 2. The molecule has 1 aromatic rings. The van der Waals surface area contributed by atoms with Gasteiger partial charge < -0.3 is 5.32 Å². The van der Waals surface area contributed by atoms with Crippen LogP contribution in [0.3, 0.4) is 0 Å². The molecule has 19 heavy (non-hydrogen) atoms. The lowest BCUT2D eigenvalue weighted by Crippen LogP contribution is -2.52. The molecule has 0 aliphatic heterocycles. The molecular formula is C16H25N3. The first kappa shape index (κ1) is 12.0. The van der Waals surface area contributed by atoms with Gasteiger partial charge in [-0.3, -0.25) is 4.68 Å². The van der Waals surface area contributed by atoms with Gasteiger partial charge in [-0.2, -0.15) is 5.10 Å². The first-order valence-corrected chi connectivity index (χ1v) is 8.02. The van der Waals surface area contributed by atoms with E-state index in [4.69, 9.17) is 5.10 Å². The minimum atomic E-state index is 0.388. The SMILES string of the molecule is CCNCc1cnn(C23CC4CC(CC(C4)C2)C3)c1. The largest absolute Gasteiger partial charge is 0.313 e. The lowest BCUT2D eigenvalue weighted by Gasteiger charge is -2.56. The van der Waals surface area contributed by atoms with E-state index in [0.29, 0.717) is 5.54 Å². The van der Waals surface area contributed by atoms with Crippen molar-refractivity contribution in [2.75, 3.05) is 6.54 Å². The summed E-state index contributed by atoms with van der Waals surface area (Å²) >= 11 is 0. The van der Waals surface area contributed by atoms with Gasteiger partial charge in [-0.25, -0.2) is 0 Å². The molecule has 4 saturated carbocycles. The summed E-state index contributed by atoms with van der Waals surface area (Å²) in [6.45, 7) is 4.15. The van der Waals surface area contributed by atoms with E-state index in [1.165, 1.54) is 44.1 Å². The lowest BCUT2D eigenvalue weighted by atomic mass is 9.53. The van der Waals surface area contributed by atoms with E-state index in [1.807, 2.05) is 0 Å². The maximum absolute atomic E-state index is 4.74. The molecule has 0 unspecified atom stereocenters. The molecule has 0 radical (unpaired) electrons. The molecule has 0 spiro atoms. The maximum Gasteiger partial charge on any atom is 0.0635 e. The zero-order valence-electron chi connectivity index (χ0n) is 11.9. The van der Waals surface area contributed by atoms with Crippen LogP contribution in [0.2, 0.25) is 0 Å². The van der Waals surface area contributed by atoms with E-state index >= 15 is 0 Å². The van der Waals surface area contributed by atoms with Gasteiger partial charge >= 0.3 is 0 Å². The van der Waals surface area contributed by atoms with Crippen LogP contribution in [0.1, 0.15) is 51.0 Å². The van der Waals surface area contributed by atoms with E-state index in [9.17, 15) is 0 Å². The molecule has 4 aliphatic carbocycles. The second-order valence-electron chi connectivity index (χ2n) is 7.22. The van der Waals surface area contributed by atoms with Crippen molar-refractivity contribution in [3.8, 4) is 0 Å². The Morgan fingerprint density at radius 3 is 2.42 bits per heavy atom. The Hall–Kier alpha value is -0.830. The van der Waals surface area contributed by atoms with Crippen molar-refractivity contribution >= 4 is 0 Å². The van der Waals surface area contributed by atoms with Crippen LogP contribution in [0, 0.1) is 17.8 Å². The number of hydrogen-bond acceptors (Lipinski definition) is 2. The Kier molecular flexibility index (Phi) is 2.73. The lowest BCUT2D eigenvalue weighted by molar-refractivity contribution is -0.0494. The van der Waals surface area contributed by atoms with E-state index < -0.39 is 0 Å². The number of hydrogen-bond donors (Lipinski definition) is 1. The Morgan fingerprint density at radius 2 is 1.84 bits per heavy atom. The fourth-order valence-corrected chi connectivity index (χ4v) is 5.33. The fraction of sp³-hybridized carbons (Fsp3) is 0.812. The van der Waals surface area contributed by atoms with E-state index in [2.05, 4.69) is 29.3 Å². The van der Waals surface area contributed by atoms with Crippen LogP contribution in [0.15, 0.2) is 12.4 Å². The number of nitrogens with one attached hydrogen (secondary N) is 1. The monoisotopic (exact) mass is 259 g/mol. The Balaban J connectivity index is 1.59. The smallest absolute Gasteiger partial charge is 0.0635 e. The minimum Gasteiger partial charge on any atom is -0.313 e. The molecule has 0 aromatic carbocycles. The summed E-state index contributed by atoms with van der Waals surface area (Å²) in [6.07, 6.45) is 13.1. The van der Waals surface area contributed by atoms with Crippen molar-refractivity contribution in [3.63, 3.8) is 0 Å². The number of nitrogens with zero attached hydrogens (tertiary/aromatic N) is 2. The molecule has 4 fully saturated rings.